The Morgan fingerprint density at radius 3 is 3.31 bits per heavy atom. The molecule has 1 aromatic heterocycles. The third-order valence-corrected chi connectivity index (χ3v) is 2.25. The van der Waals surface area contributed by atoms with Gasteiger partial charge in [0.2, 0.25) is 0 Å². The smallest absolute Gasteiger partial charge is 0.0712 e. The van der Waals surface area contributed by atoms with Crippen molar-refractivity contribution in [1.82, 2.24) is 15.1 Å². The lowest BCUT2D eigenvalue weighted by molar-refractivity contribution is 0.0597. The van der Waals surface area contributed by atoms with Crippen LogP contribution in [0.15, 0.2) is 18.5 Å². The Bertz CT molecular complexity index is 229. The zero-order valence-corrected chi connectivity index (χ0v) is 7.65. The maximum atomic E-state index is 5.65. The number of hydrogen-bond donors (Lipinski definition) is 1. The first-order valence-electron chi connectivity index (χ1n) is 4.75. The SMILES string of the molecule is c1cnn(CCOC2CCNC2)c1. The van der Waals surface area contributed by atoms with E-state index in [4.69, 9.17) is 4.74 Å². The van der Waals surface area contributed by atoms with Crippen molar-refractivity contribution in [1.29, 1.82) is 0 Å². The molecule has 0 spiro atoms. The molecule has 2 heterocycles. The average molecular weight is 181 g/mol. The minimum absolute atomic E-state index is 0.413. The summed E-state index contributed by atoms with van der Waals surface area (Å²) in [6.45, 7) is 3.70. The highest BCUT2D eigenvalue weighted by Crippen LogP contribution is 2.02. The van der Waals surface area contributed by atoms with E-state index in [0.29, 0.717) is 6.10 Å². The van der Waals surface area contributed by atoms with Gasteiger partial charge in [0.1, 0.15) is 0 Å². The normalized spacial score (nSPS) is 22.3. The number of nitrogens with zero attached hydrogens (tertiary/aromatic N) is 2. The molecular weight excluding hydrogens is 166 g/mol. The van der Waals surface area contributed by atoms with Gasteiger partial charge >= 0.3 is 0 Å². The summed E-state index contributed by atoms with van der Waals surface area (Å²) < 4.78 is 7.54. The maximum Gasteiger partial charge on any atom is 0.0712 e. The molecule has 1 fully saturated rings. The Morgan fingerprint density at radius 2 is 2.62 bits per heavy atom. The first-order chi connectivity index (χ1) is 6.45. The Morgan fingerprint density at radius 1 is 1.62 bits per heavy atom. The van der Waals surface area contributed by atoms with Crippen LogP contribution in [0.5, 0.6) is 0 Å². The summed E-state index contributed by atoms with van der Waals surface area (Å²) in [5.41, 5.74) is 0. The van der Waals surface area contributed by atoms with Crippen LogP contribution in [0, 0.1) is 0 Å². The van der Waals surface area contributed by atoms with Crippen molar-refractivity contribution in [2.24, 2.45) is 0 Å². The molecule has 2 rings (SSSR count). The van der Waals surface area contributed by atoms with Crippen LogP contribution in [0.2, 0.25) is 0 Å². The molecule has 1 N–H and O–H groups in total. The fraction of sp³-hybridized carbons (Fsp3) is 0.667. The van der Waals surface area contributed by atoms with E-state index in [2.05, 4.69) is 10.4 Å². The number of ether oxygens (including phenoxy) is 1. The van der Waals surface area contributed by atoms with Crippen LogP contribution in [0.1, 0.15) is 6.42 Å². The number of hydrogen-bond acceptors (Lipinski definition) is 3. The van der Waals surface area contributed by atoms with Crippen LogP contribution in [0.25, 0.3) is 0 Å². The summed E-state index contributed by atoms with van der Waals surface area (Å²) in [6.07, 6.45) is 5.29. The summed E-state index contributed by atoms with van der Waals surface area (Å²) in [7, 11) is 0. The Hall–Kier alpha value is -0.870. The summed E-state index contributed by atoms with van der Waals surface area (Å²) in [4.78, 5) is 0. The zero-order valence-electron chi connectivity index (χ0n) is 7.65. The van der Waals surface area contributed by atoms with E-state index in [9.17, 15) is 0 Å². The molecule has 0 bridgehead atoms. The van der Waals surface area contributed by atoms with Crippen molar-refractivity contribution in [3.05, 3.63) is 18.5 Å². The third kappa shape index (κ3) is 2.54. The van der Waals surface area contributed by atoms with Gasteiger partial charge in [-0.15, -0.1) is 0 Å². The molecular formula is C9H15N3O. The summed E-state index contributed by atoms with van der Waals surface area (Å²) in [5, 5.41) is 7.37. The molecule has 0 aliphatic carbocycles. The Kier molecular flexibility index (Phi) is 2.94. The standard InChI is InChI=1S/C9H15N3O/c1-3-11-12(5-1)6-7-13-9-2-4-10-8-9/h1,3,5,9-10H,2,4,6-8H2. The second kappa shape index (κ2) is 4.39. The first-order valence-corrected chi connectivity index (χ1v) is 4.75. The number of rotatable bonds is 4. The fourth-order valence-corrected chi connectivity index (χ4v) is 1.52. The van der Waals surface area contributed by atoms with Crippen molar-refractivity contribution < 1.29 is 4.74 Å². The molecule has 1 aromatic rings. The van der Waals surface area contributed by atoms with E-state index < -0.39 is 0 Å². The quantitative estimate of drug-likeness (QED) is 0.724. The summed E-state index contributed by atoms with van der Waals surface area (Å²) in [6, 6.07) is 1.93. The largest absolute Gasteiger partial charge is 0.375 e. The van der Waals surface area contributed by atoms with Crippen LogP contribution in [0.4, 0.5) is 0 Å². The van der Waals surface area contributed by atoms with Gasteiger partial charge < -0.3 is 10.1 Å². The molecule has 4 heteroatoms. The highest BCUT2D eigenvalue weighted by molar-refractivity contribution is 4.77. The van der Waals surface area contributed by atoms with Crippen molar-refractivity contribution >= 4 is 0 Å². The van der Waals surface area contributed by atoms with Gasteiger partial charge in [-0.2, -0.15) is 5.10 Å². The molecule has 72 valence electrons. The molecule has 1 aliphatic heterocycles. The van der Waals surface area contributed by atoms with E-state index in [1.54, 1.807) is 6.20 Å². The highest BCUT2D eigenvalue weighted by atomic mass is 16.5. The fourth-order valence-electron chi connectivity index (χ4n) is 1.52. The van der Waals surface area contributed by atoms with E-state index in [0.717, 1.165) is 32.7 Å². The Balaban J connectivity index is 1.63. The molecule has 1 aliphatic rings. The maximum absolute atomic E-state index is 5.65. The van der Waals surface area contributed by atoms with Crippen molar-refractivity contribution in [2.45, 2.75) is 19.1 Å². The predicted octanol–water partition coefficient (Wildman–Crippen LogP) is 0.262. The lowest BCUT2D eigenvalue weighted by Gasteiger charge is -2.09. The number of nitrogens with one attached hydrogen (secondary N) is 1. The lowest BCUT2D eigenvalue weighted by atomic mass is 10.3. The summed E-state index contributed by atoms with van der Waals surface area (Å²) >= 11 is 0. The molecule has 0 aromatic carbocycles. The van der Waals surface area contributed by atoms with Crippen LogP contribution < -0.4 is 5.32 Å². The van der Waals surface area contributed by atoms with Crippen molar-refractivity contribution in [3.8, 4) is 0 Å². The Labute approximate surface area is 77.9 Å². The first kappa shape index (κ1) is 8.72. The van der Waals surface area contributed by atoms with Crippen molar-refractivity contribution in [3.63, 3.8) is 0 Å². The minimum Gasteiger partial charge on any atom is -0.375 e. The molecule has 0 radical (unpaired) electrons. The van der Waals surface area contributed by atoms with Crippen LogP contribution in [-0.4, -0.2) is 35.6 Å². The van der Waals surface area contributed by atoms with Gasteiger partial charge in [0.15, 0.2) is 0 Å². The van der Waals surface area contributed by atoms with Gasteiger partial charge in [-0.3, -0.25) is 4.68 Å². The van der Waals surface area contributed by atoms with E-state index >= 15 is 0 Å². The van der Waals surface area contributed by atoms with Gasteiger partial charge in [0, 0.05) is 18.9 Å². The molecule has 1 unspecified atom stereocenters. The van der Waals surface area contributed by atoms with Gasteiger partial charge in [-0.1, -0.05) is 0 Å². The highest BCUT2D eigenvalue weighted by Gasteiger charge is 2.13. The van der Waals surface area contributed by atoms with Gasteiger partial charge in [0.25, 0.3) is 0 Å². The van der Waals surface area contributed by atoms with Crippen LogP contribution in [-0.2, 0) is 11.3 Å². The van der Waals surface area contributed by atoms with Gasteiger partial charge in [-0.25, -0.2) is 0 Å². The van der Waals surface area contributed by atoms with Crippen LogP contribution >= 0.6 is 0 Å². The van der Waals surface area contributed by atoms with Crippen molar-refractivity contribution in [2.75, 3.05) is 19.7 Å². The lowest BCUT2D eigenvalue weighted by Crippen LogP contribution is -2.19. The molecule has 0 saturated carbocycles. The van der Waals surface area contributed by atoms with E-state index in [1.165, 1.54) is 0 Å². The van der Waals surface area contributed by atoms with E-state index in [-0.39, 0.29) is 0 Å². The van der Waals surface area contributed by atoms with E-state index in [1.807, 2.05) is 16.9 Å². The summed E-state index contributed by atoms with van der Waals surface area (Å²) in [5.74, 6) is 0. The average Bonchev–Trinajstić information content (AvgIpc) is 2.75. The monoisotopic (exact) mass is 181 g/mol. The molecule has 0 amide bonds. The zero-order chi connectivity index (χ0) is 8.93. The predicted molar refractivity (Wildman–Crippen MR) is 49.5 cm³/mol. The molecule has 1 saturated heterocycles. The second-order valence-electron chi connectivity index (χ2n) is 3.25. The second-order valence-corrected chi connectivity index (χ2v) is 3.25. The molecule has 4 nitrogen and oxygen atoms in total. The van der Waals surface area contributed by atoms with Gasteiger partial charge in [0.05, 0.1) is 19.3 Å². The third-order valence-electron chi connectivity index (χ3n) is 2.25. The number of aromatic nitrogens is 2. The minimum atomic E-state index is 0.413. The molecule has 13 heavy (non-hydrogen) atoms. The van der Waals surface area contributed by atoms with Gasteiger partial charge in [-0.05, 0) is 19.0 Å². The van der Waals surface area contributed by atoms with Crippen LogP contribution in [0.3, 0.4) is 0 Å². The topological polar surface area (TPSA) is 39.1 Å². The molecule has 1 atom stereocenters.